The summed E-state index contributed by atoms with van der Waals surface area (Å²) >= 11 is 0. The summed E-state index contributed by atoms with van der Waals surface area (Å²) in [6.07, 6.45) is 7.59. The smallest absolute Gasteiger partial charge is 0.286 e. The van der Waals surface area contributed by atoms with Crippen LogP contribution in [0, 0.1) is 12.3 Å². The number of aliphatic hydroxyl groups excluding tert-OH is 1. The van der Waals surface area contributed by atoms with E-state index in [0.29, 0.717) is 24.1 Å². The minimum absolute atomic E-state index is 0.172. The summed E-state index contributed by atoms with van der Waals surface area (Å²) in [6.45, 7) is 2.06. The average molecular weight is 378 g/mol. The molecule has 0 radical (unpaired) electrons. The standard InChI is InChI=1S/C22H26N4O2/c1-14-7-2-5-11-19(14)26-20-12-6-10-18(16(20)13-24-26)25-22(28)21(27)15-8-3-4-9-17(15)23/h2,5,7,11,13,18,23,27H,3-4,6,8-10,12H2,1H3,(H,25,28)/b21-15-,23-17?. The highest BCUT2D eigenvalue weighted by atomic mass is 16.3. The second kappa shape index (κ2) is 7.62. The molecular formula is C22H26N4O2. The fourth-order valence-corrected chi connectivity index (χ4v) is 4.25. The van der Waals surface area contributed by atoms with Gasteiger partial charge in [-0.25, -0.2) is 4.68 Å². The van der Waals surface area contributed by atoms with Crippen LogP contribution in [0.15, 0.2) is 41.8 Å². The number of amides is 1. The molecule has 6 nitrogen and oxygen atoms in total. The highest BCUT2D eigenvalue weighted by molar-refractivity contribution is 6.05. The van der Waals surface area contributed by atoms with Gasteiger partial charge in [-0.1, -0.05) is 18.2 Å². The molecule has 1 amide bonds. The van der Waals surface area contributed by atoms with E-state index in [0.717, 1.165) is 54.6 Å². The molecular weight excluding hydrogens is 352 g/mol. The van der Waals surface area contributed by atoms with Gasteiger partial charge in [0.15, 0.2) is 5.76 Å². The van der Waals surface area contributed by atoms with Crippen molar-refractivity contribution in [3.05, 3.63) is 58.6 Å². The number of fused-ring (bicyclic) bond motifs is 1. The first-order valence-corrected chi connectivity index (χ1v) is 10.00. The Morgan fingerprint density at radius 3 is 2.79 bits per heavy atom. The SMILES string of the molecule is Cc1ccccc1-n1ncc2c1CCCC2NC(=O)/C(O)=C1\CCCCC1=N. The number of hydrogen-bond acceptors (Lipinski definition) is 4. The number of aromatic nitrogens is 2. The summed E-state index contributed by atoms with van der Waals surface area (Å²) in [5.41, 5.74) is 5.21. The maximum absolute atomic E-state index is 12.7. The van der Waals surface area contributed by atoms with Crippen molar-refractivity contribution in [3.8, 4) is 5.69 Å². The van der Waals surface area contributed by atoms with Crippen molar-refractivity contribution in [1.29, 1.82) is 5.41 Å². The first-order chi connectivity index (χ1) is 13.6. The van der Waals surface area contributed by atoms with Crippen molar-refractivity contribution in [3.63, 3.8) is 0 Å². The van der Waals surface area contributed by atoms with Crippen LogP contribution >= 0.6 is 0 Å². The second-order valence-electron chi connectivity index (χ2n) is 7.68. The van der Waals surface area contributed by atoms with Crippen LogP contribution in [0.1, 0.15) is 61.4 Å². The molecule has 4 rings (SSSR count). The number of aliphatic hydroxyl groups is 1. The van der Waals surface area contributed by atoms with Gasteiger partial charge in [-0.15, -0.1) is 0 Å². The molecule has 1 heterocycles. The Morgan fingerprint density at radius 1 is 1.21 bits per heavy atom. The molecule has 0 saturated heterocycles. The molecule has 6 heteroatoms. The lowest BCUT2D eigenvalue weighted by molar-refractivity contribution is -0.120. The van der Waals surface area contributed by atoms with Crippen LogP contribution in [0.25, 0.3) is 5.69 Å². The largest absolute Gasteiger partial charge is 0.503 e. The van der Waals surface area contributed by atoms with Gasteiger partial charge < -0.3 is 15.8 Å². The summed E-state index contributed by atoms with van der Waals surface area (Å²) in [6, 6.07) is 7.96. The summed E-state index contributed by atoms with van der Waals surface area (Å²) in [4.78, 5) is 12.7. The lowest BCUT2D eigenvalue weighted by atomic mass is 9.90. The van der Waals surface area contributed by atoms with E-state index in [2.05, 4.69) is 29.5 Å². The number of carbonyl (C=O) groups is 1. The van der Waals surface area contributed by atoms with Gasteiger partial charge in [0.05, 0.1) is 17.9 Å². The third kappa shape index (κ3) is 3.35. The van der Waals surface area contributed by atoms with Gasteiger partial charge in [0.2, 0.25) is 0 Å². The quantitative estimate of drug-likeness (QED) is 0.555. The van der Waals surface area contributed by atoms with Crippen LogP contribution in [-0.2, 0) is 11.2 Å². The first-order valence-electron chi connectivity index (χ1n) is 10.00. The van der Waals surface area contributed by atoms with E-state index < -0.39 is 5.91 Å². The normalized spacial score (nSPS) is 21.2. The Morgan fingerprint density at radius 2 is 2.00 bits per heavy atom. The van der Waals surface area contributed by atoms with Gasteiger partial charge in [0, 0.05) is 22.5 Å². The number of nitrogens with one attached hydrogen (secondary N) is 2. The highest BCUT2D eigenvalue weighted by Gasteiger charge is 2.28. The van der Waals surface area contributed by atoms with Crippen LogP contribution in [0.4, 0.5) is 0 Å². The van der Waals surface area contributed by atoms with Crippen LogP contribution in [0.2, 0.25) is 0 Å². The molecule has 28 heavy (non-hydrogen) atoms. The molecule has 1 unspecified atom stereocenters. The maximum atomic E-state index is 12.7. The molecule has 3 N–H and O–H groups in total. The van der Waals surface area contributed by atoms with Crippen molar-refractivity contribution in [2.24, 2.45) is 0 Å². The molecule has 0 spiro atoms. The molecule has 0 bridgehead atoms. The van der Waals surface area contributed by atoms with Crippen molar-refractivity contribution in [2.45, 2.75) is 57.9 Å². The van der Waals surface area contributed by atoms with Crippen LogP contribution < -0.4 is 5.32 Å². The van der Waals surface area contributed by atoms with E-state index in [1.807, 2.05) is 23.0 Å². The second-order valence-corrected chi connectivity index (χ2v) is 7.68. The number of rotatable bonds is 3. The molecule has 1 atom stereocenters. The maximum Gasteiger partial charge on any atom is 0.286 e. The Hall–Kier alpha value is -2.89. The Balaban J connectivity index is 1.59. The zero-order valence-electron chi connectivity index (χ0n) is 16.2. The molecule has 2 aromatic rings. The van der Waals surface area contributed by atoms with E-state index in [-0.39, 0.29) is 11.8 Å². The van der Waals surface area contributed by atoms with Gasteiger partial charge in [-0.2, -0.15) is 5.10 Å². The van der Waals surface area contributed by atoms with Crippen molar-refractivity contribution < 1.29 is 9.90 Å². The number of benzene rings is 1. The Bertz CT molecular complexity index is 957. The number of carbonyl (C=O) groups excluding carboxylic acids is 1. The van der Waals surface area contributed by atoms with Gasteiger partial charge in [-0.3, -0.25) is 4.79 Å². The number of aryl methyl sites for hydroxylation is 1. The van der Waals surface area contributed by atoms with E-state index in [1.165, 1.54) is 0 Å². The summed E-state index contributed by atoms with van der Waals surface area (Å²) in [7, 11) is 0. The summed E-state index contributed by atoms with van der Waals surface area (Å²) in [5, 5.41) is 26.0. The predicted molar refractivity (Wildman–Crippen MR) is 108 cm³/mol. The van der Waals surface area contributed by atoms with E-state index in [1.54, 1.807) is 0 Å². The first kappa shape index (κ1) is 18.5. The van der Waals surface area contributed by atoms with Gasteiger partial charge in [0.25, 0.3) is 5.91 Å². The van der Waals surface area contributed by atoms with Crippen LogP contribution in [0.5, 0.6) is 0 Å². The molecule has 1 saturated carbocycles. The molecule has 2 aliphatic rings. The number of allylic oxidation sites excluding steroid dienone is 1. The van der Waals surface area contributed by atoms with Gasteiger partial charge in [0.1, 0.15) is 0 Å². The highest BCUT2D eigenvalue weighted by Crippen LogP contribution is 2.32. The third-order valence-corrected chi connectivity index (χ3v) is 5.80. The van der Waals surface area contributed by atoms with Crippen molar-refractivity contribution in [1.82, 2.24) is 15.1 Å². The molecule has 1 fully saturated rings. The summed E-state index contributed by atoms with van der Waals surface area (Å²) in [5.74, 6) is -0.772. The van der Waals surface area contributed by atoms with E-state index in [4.69, 9.17) is 5.41 Å². The third-order valence-electron chi connectivity index (χ3n) is 5.80. The van der Waals surface area contributed by atoms with Crippen molar-refractivity contribution >= 4 is 11.6 Å². The molecule has 0 aliphatic heterocycles. The average Bonchev–Trinajstić information content (AvgIpc) is 3.13. The van der Waals surface area contributed by atoms with Crippen LogP contribution in [0.3, 0.4) is 0 Å². The fraction of sp³-hybridized carbons (Fsp3) is 0.409. The molecule has 2 aliphatic carbocycles. The lowest BCUT2D eigenvalue weighted by Crippen LogP contribution is -2.33. The number of para-hydroxylation sites is 1. The topological polar surface area (TPSA) is 91.0 Å². The Kier molecular flexibility index (Phi) is 5.03. The lowest BCUT2D eigenvalue weighted by Gasteiger charge is -2.25. The Labute approximate surface area is 164 Å². The zero-order valence-corrected chi connectivity index (χ0v) is 16.2. The number of nitrogens with zero attached hydrogens (tertiary/aromatic N) is 2. The number of hydrogen-bond donors (Lipinski definition) is 3. The minimum Gasteiger partial charge on any atom is -0.503 e. The molecule has 1 aromatic carbocycles. The predicted octanol–water partition coefficient (Wildman–Crippen LogP) is 4.08. The molecule has 146 valence electrons. The monoisotopic (exact) mass is 378 g/mol. The van der Waals surface area contributed by atoms with E-state index >= 15 is 0 Å². The zero-order chi connectivity index (χ0) is 19.7. The van der Waals surface area contributed by atoms with Gasteiger partial charge in [-0.05, 0) is 63.5 Å². The fourth-order valence-electron chi connectivity index (χ4n) is 4.25. The molecule has 1 aromatic heterocycles. The minimum atomic E-state index is -0.483. The van der Waals surface area contributed by atoms with Crippen LogP contribution in [-0.4, -0.2) is 26.5 Å². The van der Waals surface area contributed by atoms with E-state index in [9.17, 15) is 9.90 Å². The van der Waals surface area contributed by atoms with Crippen molar-refractivity contribution in [2.75, 3.05) is 0 Å². The van der Waals surface area contributed by atoms with Gasteiger partial charge >= 0.3 is 0 Å². The summed E-state index contributed by atoms with van der Waals surface area (Å²) < 4.78 is 1.97.